The van der Waals surface area contributed by atoms with Crippen LogP contribution in [0.15, 0.2) is 0 Å². The molecule has 0 heterocycles. The predicted octanol–water partition coefficient (Wildman–Crippen LogP) is 3.99. The maximum Gasteiger partial charge on any atom is 0.00645 e. The number of thiol groups is 1. The third kappa shape index (κ3) is 3.66. The van der Waals surface area contributed by atoms with Gasteiger partial charge < -0.3 is 4.90 Å². The van der Waals surface area contributed by atoms with Crippen molar-refractivity contribution in [3.05, 3.63) is 0 Å². The van der Waals surface area contributed by atoms with Gasteiger partial charge >= 0.3 is 0 Å². The lowest BCUT2D eigenvalue weighted by atomic mass is 9.69. The minimum Gasteiger partial charge on any atom is -0.300 e. The summed E-state index contributed by atoms with van der Waals surface area (Å²) in [6.45, 7) is 9.53. The second-order valence-electron chi connectivity index (χ2n) is 5.59. The molecule has 2 heteroatoms. The molecule has 0 aliphatic heterocycles. The summed E-state index contributed by atoms with van der Waals surface area (Å²) >= 11 is 4.57. The summed E-state index contributed by atoms with van der Waals surface area (Å²) in [5, 5.41) is 0. The van der Waals surface area contributed by atoms with E-state index < -0.39 is 0 Å². The molecule has 1 nitrogen and oxygen atoms in total. The molecule has 0 aromatic rings. The number of nitrogens with zero attached hydrogens (tertiary/aromatic N) is 1. The van der Waals surface area contributed by atoms with E-state index >= 15 is 0 Å². The second-order valence-corrected chi connectivity index (χ2v) is 5.91. The fourth-order valence-electron chi connectivity index (χ4n) is 2.55. The Morgan fingerprint density at radius 3 is 2.38 bits per heavy atom. The molecule has 1 aliphatic carbocycles. The van der Waals surface area contributed by atoms with Crippen molar-refractivity contribution in [2.45, 2.75) is 65.3 Å². The Labute approximate surface area is 107 Å². The molecule has 0 N–H and O–H groups in total. The van der Waals surface area contributed by atoms with Gasteiger partial charge in [-0.1, -0.05) is 26.7 Å². The van der Waals surface area contributed by atoms with Crippen LogP contribution in [0.4, 0.5) is 0 Å². The molecular formula is C14H29NS. The first-order valence-electron chi connectivity index (χ1n) is 7.02. The predicted molar refractivity (Wildman–Crippen MR) is 76.4 cm³/mol. The summed E-state index contributed by atoms with van der Waals surface area (Å²) < 4.78 is 0. The Morgan fingerprint density at radius 1 is 1.31 bits per heavy atom. The highest BCUT2D eigenvalue weighted by Crippen LogP contribution is 2.42. The van der Waals surface area contributed by atoms with Crippen molar-refractivity contribution in [3.63, 3.8) is 0 Å². The van der Waals surface area contributed by atoms with Crippen LogP contribution in [0, 0.1) is 5.41 Å². The summed E-state index contributed by atoms with van der Waals surface area (Å²) in [5.41, 5.74) is 0.556. The fourth-order valence-corrected chi connectivity index (χ4v) is 2.96. The van der Waals surface area contributed by atoms with E-state index in [4.69, 9.17) is 0 Å². The number of hydrogen-bond acceptors (Lipinski definition) is 2. The zero-order chi connectivity index (χ0) is 12.0. The highest BCUT2D eigenvalue weighted by Gasteiger charge is 2.37. The van der Waals surface area contributed by atoms with Gasteiger partial charge in [0.15, 0.2) is 0 Å². The summed E-state index contributed by atoms with van der Waals surface area (Å²) in [5.74, 6) is 1.08. The molecule has 0 aromatic carbocycles. The summed E-state index contributed by atoms with van der Waals surface area (Å²) in [6, 6.07) is 0.740. The average molecular weight is 243 g/mol. The molecule has 0 radical (unpaired) electrons. The zero-order valence-electron chi connectivity index (χ0n) is 11.3. The van der Waals surface area contributed by atoms with Crippen molar-refractivity contribution in [3.8, 4) is 0 Å². The summed E-state index contributed by atoms with van der Waals surface area (Å²) in [6.07, 6.45) is 8.13. The van der Waals surface area contributed by atoms with Crippen LogP contribution in [-0.2, 0) is 0 Å². The van der Waals surface area contributed by atoms with Crippen LogP contribution in [-0.4, -0.2) is 29.8 Å². The van der Waals surface area contributed by atoms with E-state index in [1.165, 1.54) is 51.6 Å². The van der Waals surface area contributed by atoms with Crippen molar-refractivity contribution < 1.29 is 0 Å². The number of hydrogen-bond donors (Lipinski definition) is 1. The van der Waals surface area contributed by atoms with Gasteiger partial charge in [-0.05, 0) is 50.3 Å². The second kappa shape index (κ2) is 6.90. The van der Waals surface area contributed by atoms with Gasteiger partial charge in [0.05, 0.1) is 0 Å². The summed E-state index contributed by atoms with van der Waals surface area (Å²) in [4.78, 5) is 2.71. The van der Waals surface area contributed by atoms with Gasteiger partial charge in [0, 0.05) is 12.6 Å². The Morgan fingerprint density at radius 2 is 2.00 bits per heavy atom. The molecule has 1 unspecified atom stereocenters. The molecule has 96 valence electrons. The Balaban J connectivity index is 2.47. The van der Waals surface area contributed by atoms with Crippen molar-refractivity contribution in [2.24, 2.45) is 5.41 Å². The van der Waals surface area contributed by atoms with Crippen LogP contribution in [0.5, 0.6) is 0 Å². The van der Waals surface area contributed by atoms with Crippen molar-refractivity contribution >= 4 is 12.6 Å². The van der Waals surface area contributed by atoms with E-state index in [0.717, 1.165) is 11.8 Å². The van der Waals surface area contributed by atoms with Crippen LogP contribution in [0.2, 0.25) is 0 Å². The average Bonchev–Trinajstić information content (AvgIpc) is 2.26. The molecule has 1 rings (SSSR count). The molecule has 0 amide bonds. The number of rotatable bonds is 8. The first kappa shape index (κ1) is 14.4. The van der Waals surface area contributed by atoms with E-state index in [0.29, 0.717) is 5.41 Å². The molecular weight excluding hydrogens is 214 g/mol. The third-order valence-electron chi connectivity index (χ3n) is 4.30. The van der Waals surface area contributed by atoms with E-state index in [1.807, 2.05) is 0 Å². The Kier molecular flexibility index (Phi) is 6.20. The Bertz CT molecular complexity index is 184. The molecule has 0 bridgehead atoms. The molecule has 1 aliphatic rings. The molecule has 1 saturated carbocycles. The van der Waals surface area contributed by atoms with Gasteiger partial charge in [-0.2, -0.15) is 12.6 Å². The first-order valence-corrected chi connectivity index (χ1v) is 7.65. The lowest BCUT2D eigenvalue weighted by molar-refractivity contribution is 0.0661. The number of unbranched alkanes of at least 4 members (excludes halogenated alkanes) is 1. The van der Waals surface area contributed by atoms with Crippen LogP contribution in [0.3, 0.4) is 0 Å². The molecule has 0 saturated heterocycles. The van der Waals surface area contributed by atoms with Crippen molar-refractivity contribution in [1.82, 2.24) is 4.90 Å². The van der Waals surface area contributed by atoms with Gasteiger partial charge in [0.2, 0.25) is 0 Å². The smallest absolute Gasteiger partial charge is 0.00645 e. The molecule has 1 atom stereocenters. The van der Waals surface area contributed by atoms with Gasteiger partial charge in [0.1, 0.15) is 0 Å². The monoisotopic (exact) mass is 243 g/mol. The molecule has 1 fully saturated rings. The third-order valence-corrected chi connectivity index (χ3v) is 4.97. The maximum atomic E-state index is 4.57. The van der Waals surface area contributed by atoms with Gasteiger partial charge in [-0.3, -0.25) is 0 Å². The highest BCUT2D eigenvalue weighted by molar-refractivity contribution is 7.80. The molecule has 0 spiro atoms. The van der Waals surface area contributed by atoms with Gasteiger partial charge in [0.25, 0.3) is 0 Å². The summed E-state index contributed by atoms with van der Waals surface area (Å²) in [7, 11) is 0. The van der Waals surface area contributed by atoms with Crippen LogP contribution >= 0.6 is 12.6 Å². The SMILES string of the molecule is CCCCN(CC1(CS)CCC1)C(C)CC. The maximum absolute atomic E-state index is 4.57. The standard InChI is InChI=1S/C14H29NS/c1-4-6-10-15(13(3)5-2)11-14(12-16)8-7-9-14/h13,16H,4-12H2,1-3H3. The quantitative estimate of drug-likeness (QED) is 0.631. The minimum atomic E-state index is 0.556. The molecule has 16 heavy (non-hydrogen) atoms. The zero-order valence-corrected chi connectivity index (χ0v) is 12.2. The van der Waals surface area contributed by atoms with Crippen molar-refractivity contribution in [1.29, 1.82) is 0 Å². The van der Waals surface area contributed by atoms with Gasteiger partial charge in [-0.25, -0.2) is 0 Å². The lowest BCUT2D eigenvalue weighted by Gasteiger charge is -2.46. The topological polar surface area (TPSA) is 3.24 Å². The van der Waals surface area contributed by atoms with Crippen LogP contribution in [0.1, 0.15) is 59.3 Å². The Hall–Kier alpha value is 0.310. The lowest BCUT2D eigenvalue weighted by Crippen LogP contribution is -2.47. The van der Waals surface area contributed by atoms with E-state index in [1.54, 1.807) is 0 Å². The van der Waals surface area contributed by atoms with Gasteiger partial charge in [-0.15, -0.1) is 0 Å². The van der Waals surface area contributed by atoms with E-state index in [-0.39, 0.29) is 0 Å². The normalized spacial score (nSPS) is 20.8. The minimum absolute atomic E-state index is 0.556. The van der Waals surface area contributed by atoms with Crippen LogP contribution < -0.4 is 0 Å². The highest BCUT2D eigenvalue weighted by atomic mass is 32.1. The fraction of sp³-hybridized carbons (Fsp3) is 1.00. The van der Waals surface area contributed by atoms with E-state index in [2.05, 4.69) is 38.3 Å². The van der Waals surface area contributed by atoms with Crippen molar-refractivity contribution in [2.75, 3.05) is 18.8 Å². The first-order chi connectivity index (χ1) is 7.67. The van der Waals surface area contributed by atoms with Crippen LogP contribution in [0.25, 0.3) is 0 Å². The largest absolute Gasteiger partial charge is 0.300 e. The molecule has 0 aromatic heterocycles. The van der Waals surface area contributed by atoms with E-state index in [9.17, 15) is 0 Å².